The molecule has 0 atom stereocenters. The van der Waals surface area contributed by atoms with E-state index in [4.69, 9.17) is 9.47 Å². The molecular weight excluding hydrogens is 506 g/mol. The van der Waals surface area contributed by atoms with E-state index in [1.165, 1.54) is 23.9 Å². The number of nitrogens with one attached hydrogen (secondary N) is 1. The van der Waals surface area contributed by atoms with Crippen LogP contribution in [0.3, 0.4) is 0 Å². The predicted octanol–water partition coefficient (Wildman–Crippen LogP) is 4.99. The third kappa shape index (κ3) is 5.37. The van der Waals surface area contributed by atoms with Crippen LogP contribution in [0.2, 0.25) is 0 Å². The Bertz CT molecular complexity index is 1500. The molecule has 10 nitrogen and oxygen atoms in total. The fraction of sp³-hybridized carbons (Fsp3) is 0.148. The van der Waals surface area contributed by atoms with E-state index < -0.39 is 4.92 Å². The van der Waals surface area contributed by atoms with Crippen LogP contribution in [0.25, 0.3) is 11.4 Å². The molecule has 1 aliphatic rings. The molecule has 0 radical (unpaired) electrons. The lowest BCUT2D eigenvalue weighted by Gasteiger charge is -2.11. The largest absolute Gasteiger partial charge is 0.454 e. The fourth-order valence-electron chi connectivity index (χ4n) is 3.97. The molecule has 11 heteroatoms. The topological polar surface area (TPSA) is 121 Å². The summed E-state index contributed by atoms with van der Waals surface area (Å²) in [4.78, 5) is 23.6. The van der Waals surface area contributed by atoms with Gasteiger partial charge >= 0.3 is 0 Å². The Morgan fingerprint density at radius 1 is 1.11 bits per heavy atom. The second-order valence-electron chi connectivity index (χ2n) is 8.33. The van der Waals surface area contributed by atoms with E-state index in [1.54, 1.807) is 24.3 Å². The lowest BCUT2D eigenvalue weighted by molar-refractivity contribution is -0.384. The number of thioether (sulfide) groups is 1. The fourth-order valence-corrected chi connectivity index (χ4v) is 4.93. The van der Waals surface area contributed by atoms with Crippen LogP contribution >= 0.6 is 11.8 Å². The zero-order chi connectivity index (χ0) is 26.5. The van der Waals surface area contributed by atoms with Crippen molar-refractivity contribution in [2.24, 2.45) is 0 Å². The van der Waals surface area contributed by atoms with Crippen LogP contribution < -0.4 is 14.8 Å². The third-order valence-corrected chi connectivity index (χ3v) is 6.89. The van der Waals surface area contributed by atoms with Crippen molar-refractivity contribution < 1.29 is 19.2 Å². The number of carbonyl (C=O) groups is 1. The first-order valence-corrected chi connectivity index (χ1v) is 12.7. The summed E-state index contributed by atoms with van der Waals surface area (Å²) in [5.41, 5.74) is 3.05. The Morgan fingerprint density at radius 2 is 1.89 bits per heavy atom. The number of aromatic nitrogens is 3. The van der Waals surface area contributed by atoms with E-state index in [2.05, 4.69) is 22.1 Å². The van der Waals surface area contributed by atoms with Gasteiger partial charge in [-0.05, 0) is 41.5 Å². The maximum atomic E-state index is 13.0. The molecule has 0 saturated carbocycles. The minimum absolute atomic E-state index is 0.00606. The number of carbonyl (C=O) groups excluding carboxylic acids is 1. The van der Waals surface area contributed by atoms with E-state index in [9.17, 15) is 14.9 Å². The van der Waals surface area contributed by atoms with Crippen molar-refractivity contribution in [2.75, 3.05) is 6.79 Å². The summed E-state index contributed by atoms with van der Waals surface area (Å²) < 4.78 is 12.6. The zero-order valence-corrected chi connectivity index (χ0v) is 21.0. The molecule has 0 spiro atoms. The summed E-state index contributed by atoms with van der Waals surface area (Å²) in [5, 5.41) is 23.3. The number of ether oxygens (including phenoxy) is 2. The highest BCUT2D eigenvalue weighted by molar-refractivity contribution is 7.98. The number of hydrogen-bond acceptors (Lipinski definition) is 8. The third-order valence-electron chi connectivity index (χ3n) is 5.87. The normalized spacial score (nSPS) is 11.8. The number of hydrogen-bond donors (Lipinski definition) is 1. The standard InChI is InChI=1S/C27H23N5O5S/c1-2-13-31-25(19-8-10-21(11-9-19)32(34)35)29-30-27(31)38-16-20-5-3-4-6-22(20)26(33)28-15-18-7-12-23-24(14-18)37-17-36-23/h2-12,14H,1,13,15-17H2,(H,28,33). The molecule has 1 N–H and O–H groups in total. The molecule has 38 heavy (non-hydrogen) atoms. The van der Waals surface area contributed by atoms with Gasteiger partial charge in [-0.15, -0.1) is 16.8 Å². The minimum Gasteiger partial charge on any atom is -0.454 e. The Morgan fingerprint density at radius 3 is 2.68 bits per heavy atom. The summed E-state index contributed by atoms with van der Waals surface area (Å²) in [5.74, 6) is 2.26. The highest BCUT2D eigenvalue weighted by Crippen LogP contribution is 2.32. The molecule has 3 aromatic carbocycles. The number of non-ortho nitro benzene ring substituents is 1. The molecule has 0 fully saturated rings. The molecule has 0 unspecified atom stereocenters. The number of nitrogens with zero attached hydrogens (tertiary/aromatic N) is 4. The monoisotopic (exact) mass is 529 g/mol. The smallest absolute Gasteiger partial charge is 0.269 e. The lowest BCUT2D eigenvalue weighted by atomic mass is 10.1. The quantitative estimate of drug-likeness (QED) is 0.132. The average Bonchev–Trinajstić information content (AvgIpc) is 3.57. The number of fused-ring (bicyclic) bond motifs is 1. The molecule has 1 aliphatic heterocycles. The van der Waals surface area contributed by atoms with E-state index in [-0.39, 0.29) is 18.4 Å². The van der Waals surface area contributed by atoms with E-state index in [0.29, 0.717) is 52.4 Å². The van der Waals surface area contributed by atoms with Gasteiger partial charge in [0.15, 0.2) is 22.5 Å². The summed E-state index contributed by atoms with van der Waals surface area (Å²) in [6.45, 7) is 4.83. The van der Waals surface area contributed by atoms with Crippen LogP contribution in [-0.2, 0) is 18.8 Å². The predicted molar refractivity (Wildman–Crippen MR) is 142 cm³/mol. The first kappa shape index (κ1) is 25.0. The Kier molecular flexibility index (Phi) is 7.36. The van der Waals surface area contributed by atoms with Gasteiger partial charge in [-0.2, -0.15) is 0 Å². The summed E-state index contributed by atoms with van der Waals surface area (Å²) in [7, 11) is 0. The summed E-state index contributed by atoms with van der Waals surface area (Å²) in [6, 6.07) is 19.2. The first-order chi connectivity index (χ1) is 18.5. The number of nitro benzene ring substituents is 1. The Labute approximate surface area is 222 Å². The maximum Gasteiger partial charge on any atom is 0.269 e. The van der Waals surface area contributed by atoms with Crippen LogP contribution in [0.15, 0.2) is 84.5 Å². The highest BCUT2D eigenvalue weighted by Gasteiger charge is 2.18. The first-order valence-electron chi connectivity index (χ1n) is 11.7. The van der Waals surface area contributed by atoms with Gasteiger partial charge in [-0.1, -0.05) is 42.1 Å². The van der Waals surface area contributed by atoms with Crippen molar-refractivity contribution in [3.63, 3.8) is 0 Å². The maximum absolute atomic E-state index is 13.0. The van der Waals surface area contributed by atoms with Gasteiger partial charge in [0.25, 0.3) is 11.6 Å². The van der Waals surface area contributed by atoms with Crippen molar-refractivity contribution in [1.29, 1.82) is 0 Å². The molecule has 2 heterocycles. The van der Waals surface area contributed by atoms with Crippen LogP contribution in [0, 0.1) is 10.1 Å². The van der Waals surface area contributed by atoms with Gasteiger partial charge in [0, 0.05) is 42.1 Å². The van der Waals surface area contributed by atoms with E-state index in [0.717, 1.165) is 11.1 Å². The van der Waals surface area contributed by atoms with Gasteiger partial charge in [0.2, 0.25) is 6.79 Å². The number of amides is 1. The van der Waals surface area contributed by atoms with Crippen LogP contribution in [0.5, 0.6) is 11.5 Å². The van der Waals surface area contributed by atoms with Gasteiger partial charge < -0.3 is 14.8 Å². The lowest BCUT2D eigenvalue weighted by Crippen LogP contribution is -2.23. The van der Waals surface area contributed by atoms with Gasteiger partial charge in [-0.25, -0.2) is 0 Å². The Hall–Kier alpha value is -4.64. The molecule has 0 aliphatic carbocycles. The van der Waals surface area contributed by atoms with Crippen molar-refractivity contribution in [3.8, 4) is 22.9 Å². The molecule has 0 bridgehead atoms. The zero-order valence-electron chi connectivity index (χ0n) is 20.2. The van der Waals surface area contributed by atoms with Crippen molar-refractivity contribution in [1.82, 2.24) is 20.1 Å². The number of rotatable bonds is 10. The number of allylic oxidation sites excluding steroid dienone is 1. The average molecular weight is 530 g/mol. The summed E-state index contributed by atoms with van der Waals surface area (Å²) in [6.07, 6.45) is 1.74. The second kappa shape index (κ2) is 11.2. The van der Waals surface area contributed by atoms with Crippen LogP contribution in [0.4, 0.5) is 5.69 Å². The highest BCUT2D eigenvalue weighted by atomic mass is 32.2. The molecule has 0 saturated heterocycles. The van der Waals surface area contributed by atoms with Gasteiger partial charge in [0.1, 0.15) is 0 Å². The van der Waals surface area contributed by atoms with E-state index in [1.807, 2.05) is 41.0 Å². The second-order valence-corrected chi connectivity index (χ2v) is 9.27. The van der Waals surface area contributed by atoms with Gasteiger partial charge in [0.05, 0.1) is 4.92 Å². The van der Waals surface area contributed by atoms with Crippen LogP contribution in [0.1, 0.15) is 21.5 Å². The van der Waals surface area contributed by atoms with Crippen LogP contribution in [-0.4, -0.2) is 32.4 Å². The molecular formula is C27H23N5O5S. The molecule has 1 aromatic heterocycles. The number of benzene rings is 3. The van der Waals surface area contributed by atoms with Gasteiger partial charge in [-0.3, -0.25) is 19.5 Å². The van der Waals surface area contributed by atoms with Crippen molar-refractivity contribution >= 4 is 23.4 Å². The van der Waals surface area contributed by atoms with Crippen molar-refractivity contribution in [3.05, 3.63) is 106 Å². The number of nitro groups is 1. The minimum atomic E-state index is -0.442. The Balaban J connectivity index is 1.29. The van der Waals surface area contributed by atoms with E-state index >= 15 is 0 Å². The SMILES string of the molecule is C=CCn1c(SCc2ccccc2C(=O)NCc2ccc3c(c2)OCO3)nnc1-c1ccc([N+](=O)[O-])cc1. The van der Waals surface area contributed by atoms with Crippen molar-refractivity contribution in [2.45, 2.75) is 24.0 Å². The molecule has 1 amide bonds. The molecule has 5 rings (SSSR count). The molecule has 192 valence electrons. The summed E-state index contributed by atoms with van der Waals surface area (Å²) >= 11 is 1.45. The molecule has 4 aromatic rings.